The van der Waals surface area contributed by atoms with E-state index in [2.05, 4.69) is 31.2 Å². The Balaban J connectivity index is 2.38. The van der Waals surface area contributed by atoms with Gasteiger partial charge in [0.25, 0.3) is 0 Å². The van der Waals surface area contributed by atoms with Crippen molar-refractivity contribution in [1.29, 1.82) is 0 Å². The molecule has 78 valence electrons. The van der Waals surface area contributed by atoms with E-state index in [1.807, 2.05) is 18.2 Å². The van der Waals surface area contributed by atoms with Crippen molar-refractivity contribution in [2.45, 2.75) is 25.2 Å². The summed E-state index contributed by atoms with van der Waals surface area (Å²) in [6.07, 6.45) is 7.23. The Hall–Kier alpha value is -1.37. The van der Waals surface area contributed by atoms with E-state index in [0.717, 1.165) is 24.7 Å². The summed E-state index contributed by atoms with van der Waals surface area (Å²) >= 11 is 0. The van der Waals surface area contributed by atoms with Gasteiger partial charge in [0, 0.05) is 0 Å². The molecule has 15 heavy (non-hydrogen) atoms. The third-order valence-corrected chi connectivity index (χ3v) is 3.21. The second-order valence-corrected chi connectivity index (χ2v) is 4.45. The first kappa shape index (κ1) is 10.2. The van der Waals surface area contributed by atoms with Crippen LogP contribution in [0.2, 0.25) is 0 Å². The lowest BCUT2D eigenvalue weighted by Crippen LogP contribution is -2.31. The molecule has 1 aliphatic carbocycles. The van der Waals surface area contributed by atoms with Crippen molar-refractivity contribution in [2.24, 2.45) is 5.92 Å². The number of rotatable bonds is 2. The molecule has 0 unspecified atom stereocenters. The molecule has 0 spiro atoms. The van der Waals surface area contributed by atoms with E-state index in [4.69, 9.17) is 0 Å². The molecule has 0 amide bonds. The molecule has 1 nitrogen and oxygen atoms in total. The number of hydrogen-bond donors (Lipinski definition) is 0. The highest BCUT2D eigenvalue weighted by atomic mass is 16.1. The van der Waals surface area contributed by atoms with Crippen LogP contribution in [-0.2, 0) is 10.2 Å². The molecule has 0 radical (unpaired) electrons. The summed E-state index contributed by atoms with van der Waals surface area (Å²) in [6, 6.07) is 10.1. The standard InChI is InChI=1S/C14H16O/c1-12-6-5-9-14(10-12,11-15)13-7-3-2-4-8-13/h2-8,11-12H,9-10H2,1H3/t12-,14+/m1/s1. The Morgan fingerprint density at radius 2 is 2.07 bits per heavy atom. The van der Waals surface area contributed by atoms with Gasteiger partial charge in [0.1, 0.15) is 6.29 Å². The maximum Gasteiger partial charge on any atom is 0.130 e. The monoisotopic (exact) mass is 200 g/mol. The van der Waals surface area contributed by atoms with Crippen molar-refractivity contribution in [1.82, 2.24) is 0 Å². The molecule has 0 aromatic heterocycles. The summed E-state index contributed by atoms with van der Waals surface area (Å²) in [6.45, 7) is 2.16. The highest BCUT2D eigenvalue weighted by molar-refractivity contribution is 5.69. The van der Waals surface area contributed by atoms with Gasteiger partial charge in [-0.15, -0.1) is 0 Å². The zero-order valence-electron chi connectivity index (χ0n) is 9.02. The normalized spacial score (nSPS) is 30.1. The summed E-state index contributed by atoms with van der Waals surface area (Å²) in [7, 11) is 0. The molecule has 0 aliphatic heterocycles. The zero-order chi connectivity index (χ0) is 10.7. The second-order valence-electron chi connectivity index (χ2n) is 4.45. The van der Waals surface area contributed by atoms with Crippen LogP contribution in [0.15, 0.2) is 42.5 Å². The first-order valence-electron chi connectivity index (χ1n) is 5.45. The van der Waals surface area contributed by atoms with Crippen LogP contribution in [-0.4, -0.2) is 6.29 Å². The summed E-state index contributed by atoms with van der Waals surface area (Å²) in [4.78, 5) is 11.4. The highest BCUT2D eigenvalue weighted by Gasteiger charge is 2.33. The van der Waals surface area contributed by atoms with E-state index < -0.39 is 0 Å². The van der Waals surface area contributed by atoms with Gasteiger partial charge >= 0.3 is 0 Å². The van der Waals surface area contributed by atoms with Gasteiger partial charge < -0.3 is 4.79 Å². The maximum atomic E-state index is 11.4. The Kier molecular flexibility index (Phi) is 2.72. The Bertz CT molecular complexity index is 366. The van der Waals surface area contributed by atoms with E-state index in [-0.39, 0.29) is 5.41 Å². The van der Waals surface area contributed by atoms with Gasteiger partial charge in [-0.3, -0.25) is 0 Å². The summed E-state index contributed by atoms with van der Waals surface area (Å²) in [5, 5.41) is 0. The second kappa shape index (κ2) is 4.01. The molecule has 0 fully saturated rings. The van der Waals surface area contributed by atoms with E-state index in [9.17, 15) is 4.79 Å². The molecule has 0 heterocycles. The Morgan fingerprint density at radius 3 is 2.67 bits per heavy atom. The maximum absolute atomic E-state index is 11.4. The largest absolute Gasteiger partial charge is 0.302 e. The molecule has 2 atom stereocenters. The third-order valence-electron chi connectivity index (χ3n) is 3.21. The Morgan fingerprint density at radius 1 is 1.33 bits per heavy atom. The average Bonchev–Trinajstić information content (AvgIpc) is 2.30. The number of carbonyl (C=O) groups is 1. The lowest BCUT2D eigenvalue weighted by Gasteiger charge is -2.32. The first-order chi connectivity index (χ1) is 7.27. The molecular formula is C14H16O. The van der Waals surface area contributed by atoms with E-state index >= 15 is 0 Å². The highest BCUT2D eigenvalue weighted by Crippen LogP contribution is 2.36. The molecule has 0 N–H and O–H groups in total. The minimum atomic E-state index is -0.282. The van der Waals surface area contributed by atoms with Crippen LogP contribution < -0.4 is 0 Å². The van der Waals surface area contributed by atoms with Crippen molar-refractivity contribution in [2.75, 3.05) is 0 Å². The summed E-state index contributed by atoms with van der Waals surface area (Å²) in [5.74, 6) is 0.490. The van der Waals surface area contributed by atoms with Crippen molar-refractivity contribution in [3.63, 3.8) is 0 Å². The summed E-state index contributed by atoms with van der Waals surface area (Å²) < 4.78 is 0. The molecule has 2 rings (SSSR count). The van der Waals surface area contributed by atoms with Crippen LogP contribution in [0.3, 0.4) is 0 Å². The minimum Gasteiger partial charge on any atom is -0.302 e. The topological polar surface area (TPSA) is 17.1 Å². The zero-order valence-corrected chi connectivity index (χ0v) is 9.02. The number of carbonyl (C=O) groups excluding carboxylic acids is 1. The van der Waals surface area contributed by atoms with E-state index in [1.165, 1.54) is 0 Å². The van der Waals surface area contributed by atoms with Crippen LogP contribution >= 0.6 is 0 Å². The molecule has 1 heteroatoms. The SMILES string of the molecule is C[C@@H]1C=CC[C@](C=O)(c2ccccc2)C1. The molecule has 1 aliphatic rings. The van der Waals surface area contributed by atoms with Gasteiger partial charge in [0.05, 0.1) is 5.41 Å². The third kappa shape index (κ3) is 1.87. The van der Waals surface area contributed by atoms with Crippen molar-refractivity contribution in [3.8, 4) is 0 Å². The fraction of sp³-hybridized carbons (Fsp3) is 0.357. The van der Waals surface area contributed by atoms with Crippen molar-refractivity contribution >= 4 is 6.29 Å². The number of benzene rings is 1. The fourth-order valence-electron chi connectivity index (χ4n) is 2.41. The van der Waals surface area contributed by atoms with Crippen LogP contribution in [0.25, 0.3) is 0 Å². The molecule has 0 bridgehead atoms. The smallest absolute Gasteiger partial charge is 0.130 e. The molecule has 0 saturated heterocycles. The van der Waals surface area contributed by atoms with Crippen LogP contribution in [0.1, 0.15) is 25.3 Å². The molecule has 1 aromatic carbocycles. The lowest BCUT2D eigenvalue weighted by atomic mass is 9.70. The fourth-order valence-corrected chi connectivity index (χ4v) is 2.41. The average molecular weight is 200 g/mol. The lowest BCUT2D eigenvalue weighted by molar-refractivity contribution is -0.113. The van der Waals surface area contributed by atoms with E-state index in [0.29, 0.717) is 5.92 Å². The Labute approximate surface area is 90.8 Å². The predicted molar refractivity (Wildman–Crippen MR) is 61.7 cm³/mol. The minimum absolute atomic E-state index is 0.282. The van der Waals surface area contributed by atoms with Crippen LogP contribution in [0, 0.1) is 5.92 Å². The number of aldehydes is 1. The van der Waals surface area contributed by atoms with Crippen LogP contribution in [0.5, 0.6) is 0 Å². The van der Waals surface area contributed by atoms with Gasteiger partial charge in [0.2, 0.25) is 0 Å². The van der Waals surface area contributed by atoms with Crippen LogP contribution in [0.4, 0.5) is 0 Å². The quantitative estimate of drug-likeness (QED) is 0.529. The van der Waals surface area contributed by atoms with Crippen molar-refractivity contribution < 1.29 is 4.79 Å². The van der Waals surface area contributed by atoms with Gasteiger partial charge in [-0.2, -0.15) is 0 Å². The molecule has 0 saturated carbocycles. The van der Waals surface area contributed by atoms with Gasteiger partial charge in [-0.25, -0.2) is 0 Å². The summed E-state index contributed by atoms with van der Waals surface area (Å²) in [5.41, 5.74) is 0.867. The number of hydrogen-bond acceptors (Lipinski definition) is 1. The first-order valence-corrected chi connectivity index (χ1v) is 5.45. The molecule has 1 aromatic rings. The van der Waals surface area contributed by atoms with Gasteiger partial charge in [0.15, 0.2) is 0 Å². The predicted octanol–water partition coefficient (Wildman–Crippen LogP) is 3.11. The van der Waals surface area contributed by atoms with Gasteiger partial charge in [-0.05, 0) is 24.3 Å². The molecular weight excluding hydrogens is 184 g/mol. The van der Waals surface area contributed by atoms with Crippen molar-refractivity contribution in [3.05, 3.63) is 48.0 Å². The van der Waals surface area contributed by atoms with E-state index in [1.54, 1.807) is 0 Å². The number of allylic oxidation sites excluding steroid dienone is 2. The van der Waals surface area contributed by atoms with Gasteiger partial charge in [-0.1, -0.05) is 49.4 Å².